The van der Waals surface area contributed by atoms with Crippen molar-refractivity contribution in [2.24, 2.45) is 5.92 Å². The van der Waals surface area contributed by atoms with Gasteiger partial charge in [0.2, 0.25) is 15.9 Å². The van der Waals surface area contributed by atoms with Crippen LogP contribution >= 0.6 is 11.6 Å². The van der Waals surface area contributed by atoms with E-state index in [9.17, 15) is 13.2 Å². The van der Waals surface area contributed by atoms with Crippen LogP contribution in [0, 0.1) is 17.2 Å². The van der Waals surface area contributed by atoms with Crippen molar-refractivity contribution >= 4 is 33.2 Å². The number of nitrogens with one attached hydrogen (secondary N) is 1. The van der Waals surface area contributed by atoms with E-state index < -0.39 is 10.0 Å². The van der Waals surface area contributed by atoms with Crippen molar-refractivity contribution in [2.45, 2.75) is 17.7 Å². The molecule has 6 nitrogen and oxygen atoms in total. The van der Waals surface area contributed by atoms with Crippen LogP contribution in [0.2, 0.25) is 5.02 Å². The third kappa shape index (κ3) is 4.30. The number of hydrogen-bond donors (Lipinski definition) is 1. The largest absolute Gasteiger partial charge is 0.326 e. The first-order valence-corrected chi connectivity index (χ1v) is 10.3. The van der Waals surface area contributed by atoms with Gasteiger partial charge < -0.3 is 5.32 Å². The molecule has 0 radical (unpaired) electrons. The standard InChI is InChI=1S/C19H18ClN3O3S/c20-16-5-7-17(8-6-16)22-19(24)14-9-11-23(12-10-14)27(25,26)18-4-2-1-3-15(18)13-21/h1-8,14H,9-12H2,(H,22,24). The highest BCUT2D eigenvalue weighted by atomic mass is 35.5. The third-order valence-electron chi connectivity index (χ3n) is 4.56. The molecular weight excluding hydrogens is 386 g/mol. The predicted octanol–water partition coefficient (Wildman–Crippen LogP) is 3.25. The Kier molecular flexibility index (Phi) is 5.80. The highest BCUT2D eigenvalue weighted by Gasteiger charge is 2.33. The van der Waals surface area contributed by atoms with Crippen LogP contribution in [0.1, 0.15) is 18.4 Å². The van der Waals surface area contributed by atoms with Gasteiger partial charge in [0.1, 0.15) is 6.07 Å². The summed E-state index contributed by atoms with van der Waals surface area (Å²) < 4.78 is 27.0. The van der Waals surface area contributed by atoms with Gasteiger partial charge in [-0.05, 0) is 49.2 Å². The number of nitrogens with zero attached hydrogens (tertiary/aromatic N) is 2. The summed E-state index contributed by atoms with van der Waals surface area (Å²) in [7, 11) is -3.75. The summed E-state index contributed by atoms with van der Waals surface area (Å²) >= 11 is 5.83. The van der Waals surface area contributed by atoms with E-state index in [1.165, 1.54) is 16.4 Å². The van der Waals surface area contributed by atoms with Gasteiger partial charge in [-0.2, -0.15) is 9.57 Å². The quantitative estimate of drug-likeness (QED) is 0.848. The lowest BCUT2D eigenvalue weighted by atomic mass is 9.97. The molecule has 0 spiro atoms. The highest BCUT2D eigenvalue weighted by Crippen LogP contribution is 2.26. The molecule has 2 aromatic rings. The van der Waals surface area contributed by atoms with E-state index in [-0.39, 0.29) is 35.4 Å². The molecule has 2 aromatic carbocycles. The summed E-state index contributed by atoms with van der Waals surface area (Å²) in [6.45, 7) is 0.474. The maximum absolute atomic E-state index is 12.8. The molecule has 1 aliphatic rings. The van der Waals surface area contributed by atoms with E-state index >= 15 is 0 Å². The lowest BCUT2D eigenvalue weighted by Crippen LogP contribution is -2.41. The van der Waals surface area contributed by atoms with Crippen molar-refractivity contribution in [3.8, 4) is 6.07 Å². The zero-order valence-corrected chi connectivity index (χ0v) is 16.0. The lowest BCUT2D eigenvalue weighted by molar-refractivity contribution is -0.120. The van der Waals surface area contributed by atoms with Crippen LogP contribution in [-0.4, -0.2) is 31.7 Å². The van der Waals surface area contributed by atoms with Gasteiger partial charge >= 0.3 is 0 Å². The van der Waals surface area contributed by atoms with E-state index in [1.807, 2.05) is 6.07 Å². The smallest absolute Gasteiger partial charge is 0.244 e. The zero-order chi connectivity index (χ0) is 19.4. The molecule has 1 fully saturated rings. The molecule has 1 saturated heterocycles. The van der Waals surface area contributed by atoms with Gasteiger partial charge in [0, 0.05) is 29.7 Å². The van der Waals surface area contributed by atoms with E-state index in [0.29, 0.717) is 23.6 Å². The summed E-state index contributed by atoms with van der Waals surface area (Å²) in [4.78, 5) is 12.4. The summed E-state index contributed by atoms with van der Waals surface area (Å²) in [5.74, 6) is -0.398. The molecule has 1 aliphatic heterocycles. The van der Waals surface area contributed by atoms with Crippen molar-refractivity contribution < 1.29 is 13.2 Å². The molecule has 0 aliphatic carbocycles. The fourth-order valence-corrected chi connectivity index (χ4v) is 4.80. The van der Waals surface area contributed by atoms with Crippen LogP contribution in [0.25, 0.3) is 0 Å². The summed E-state index contributed by atoms with van der Waals surface area (Å²) in [5, 5.41) is 12.6. The Labute approximate surface area is 163 Å². The second-order valence-corrected chi connectivity index (χ2v) is 8.63. The summed E-state index contributed by atoms with van der Waals surface area (Å²) in [5.41, 5.74) is 0.780. The monoisotopic (exact) mass is 403 g/mol. The number of carbonyl (C=O) groups excluding carboxylic acids is 1. The Morgan fingerprint density at radius 2 is 1.74 bits per heavy atom. The van der Waals surface area contributed by atoms with E-state index in [4.69, 9.17) is 16.9 Å². The van der Waals surface area contributed by atoms with Crippen molar-refractivity contribution in [2.75, 3.05) is 18.4 Å². The number of carbonyl (C=O) groups is 1. The van der Waals surface area contributed by atoms with Crippen LogP contribution in [0.4, 0.5) is 5.69 Å². The first-order valence-electron chi connectivity index (χ1n) is 8.47. The molecule has 140 valence electrons. The first kappa shape index (κ1) is 19.4. The number of piperidine rings is 1. The van der Waals surface area contributed by atoms with E-state index in [2.05, 4.69) is 5.32 Å². The van der Waals surface area contributed by atoms with Gasteiger partial charge in [0.15, 0.2) is 0 Å². The fourth-order valence-electron chi connectivity index (χ4n) is 3.06. The molecule has 0 atom stereocenters. The van der Waals surface area contributed by atoms with Gasteiger partial charge in [-0.15, -0.1) is 0 Å². The SMILES string of the molecule is N#Cc1ccccc1S(=O)(=O)N1CCC(C(=O)Nc2ccc(Cl)cc2)CC1. The first-order chi connectivity index (χ1) is 12.9. The van der Waals surface area contributed by atoms with Crippen LogP contribution in [0.15, 0.2) is 53.4 Å². The van der Waals surface area contributed by atoms with Crippen LogP contribution < -0.4 is 5.32 Å². The predicted molar refractivity (Wildman–Crippen MR) is 103 cm³/mol. The molecule has 27 heavy (non-hydrogen) atoms. The minimum absolute atomic E-state index is 0.0107. The van der Waals surface area contributed by atoms with Crippen molar-refractivity contribution in [1.29, 1.82) is 5.26 Å². The number of benzene rings is 2. The molecule has 0 unspecified atom stereocenters. The lowest BCUT2D eigenvalue weighted by Gasteiger charge is -2.30. The van der Waals surface area contributed by atoms with E-state index in [0.717, 1.165) is 0 Å². The number of halogens is 1. The maximum atomic E-state index is 12.8. The summed E-state index contributed by atoms with van der Waals surface area (Å²) in [6.07, 6.45) is 0.848. The number of amides is 1. The molecule has 0 saturated carbocycles. The van der Waals surface area contributed by atoms with Gasteiger partial charge in [-0.25, -0.2) is 8.42 Å². The molecule has 3 rings (SSSR count). The Morgan fingerprint density at radius 1 is 1.11 bits per heavy atom. The average Bonchev–Trinajstić information content (AvgIpc) is 2.69. The van der Waals surface area contributed by atoms with Gasteiger partial charge in [0.05, 0.1) is 10.5 Å². The Bertz CT molecular complexity index is 976. The third-order valence-corrected chi connectivity index (χ3v) is 6.77. The van der Waals surface area contributed by atoms with Crippen molar-refractivity contribution in [3.63, 3.8) is 0 Å². The molecular formula is C19H18ClN3O3S. The minimum Gasteiger partial charge on any atom is -0.326 e. The van der Waals surface area contributed by atoms with Crippen molar-refractivity contribution in [3.05, 3.63) is 59.1 Å². The molecule has 0 aromatic heterocycles. The van der Waals surface area contributed by atoms with Crippen molar-refractivity contribution in [1.82, 2.24) is 4.31 Å². The van der Waals surface area contributed by atoms with E-state index in [1.54, 1.807) is 36.4 Å². The normalized spacial score (nSPS) is 15.9. The average molecular weight is 404 g/mol. The Hall–Kier alpha value is -2.40. The van der Waals surface area contributed by atoms with Gasteiger partial charge in [0.25, 0.3) is 0 Å². The van der Waals surface area contributed by atoms with Crippen LogP contribution in [0.5, 0.6) is 0 Å². The zero-order valence-electron chi connectivity index (χ0n) is 14.4. The van der Waals surface area contributed by atoms with Crippen LogP contribution in [0.3, 0.4) is 0 Å². The molecule has 0 bridgehead atoms. The molecule has 1 amide bonds. The minimum atomic E-state index is -3.75. The highest BCUT2D eigenvalue weighted by molar-refractivity contribution is 7.89. The molecule has 1 heterocycles. The van der Waals surface area contributed by atoms with Crippen LogP contribution in [-0.2, 0) is 14.8 Å². The number of hydrogen-bond acceptors (Lipinski definition) is 4. The second-order valence-electron chi connectivity index (χ2n) is 6.28. The fraction of sp³-hybridized carbons (Fsp3) is 0.263. The molecule has 8 heteroatoms. The maximum Gasteiger partial charge on any atom is 0.244 e. The molecule has 1 N–H and O–H groups in total. The second kappa shape index (κ2) is 8.09. The Morgan fingerprint density at radius 3 is 2.37 bits per heavy atom. The number of rotatable bonds is 4. The number of anilines is 1. The topological polar surface area (TPSA) is 90.3 Å². The van der Waals surface area contributed by atoms with Gasteiger partial charge in [-0.1, -0.05) is 23.7 Å². The summed E-state index contributed by atoms with van der Waals surface area (Å²) in [6, 6.07) is 14.9. The van der Waals surface area contributed by atoms with Gasteiger partial charge in [-0.3, -0.25) is 4.79 Å². The number of nitriles is 1. The Balaban J connectivity index is 1.65. The number of sulfonamides is 1.